The summed E-state index contributed by atoms with van der Waals surface area (Å²) in [4.78, 5) is 11.5. The minimum Gasteiger partial charge on any atom is -0.299 e. The van der Waals surface area contributed by atoms with Gasteiger partial charge < -0.3 is 0 Å². The van der Waals surface area contributed by atoms with E-state index in [4.69, 9.17) is 0 Å². The van der Waals surface area contributed by atoms with E-state index in [2.05, 4.69) is 0 Å². The SMILES string of the molecule is Cc1ccc(F)c(CC(=O)CC(C)C)c1. The molecule has 0 atom stereocenters. The Morgan fingerprint density at radius 2 is 2.07 bits per heavy atom. The third-order valence-electron chi connectivity index (χ3n) is 2.22. The highest BCUT2D eigenvalue weighted by Gasteiger charge is 2.09. The number of halogens is 1. The largest absolute Gasteiger partial charge is 0.299 e. The van der Waals surface area contributed by atoms with E-state index in [9.17, 15) is 9.18 Å². The minimum absolute atomic E-state index is 0.106. The van der Waals surface area contributed by atoms with Crippen LogP contribution in [0.3, 0.4) is 0 Å². The van der Waals surface area contributed by atoms with Crippen molar-refractivity contribution in [1.29, 1.82) is 0 Å². The summed E-state index contributed by atoms with van der Waals surface area (Å²) in [7, 11) is 0. The van der Waals surface area contributed by atoms with Crippen molar-refractivity contribution in [3.63, 3.8) is 0 Å². The van der Waals surface area contributed by atoms with Crippen molar-refractivity contribution in [1.82, 2.24) is 0 Å². The fourth-order valence-electron chi connectivity index (χ4n) is 1.58. The second-order valence-corrected chi connectivity index (χ2v) is 4.41. The number of hydrogen-bond acceptors (Lipinski definition) is 1. The van der Waals surface area contributed by atoms with Gasteiger partial charge >= 0.3 is 0 Å². The molecule has 0 spiro atoms. The summed E-state index contributed by atoms with van der Waals surface area (Å²) in [5.41, 5.74) is 1.50. The molecular formula is C13H17FO. The average Bonchev–Trinajstić information content (AvgIpc) is 2.10. The highest BCUT2D eigenvalue weighted by atomic mass is 19.1. The van der Waals surface area contributed by atoms with Crippen LogP contribution >= 0.6 is 0 Å². The first-order valence-electron chi connectivity index (χ1n) is 5.25. The monoisotopic (exact) mass is 208 g/mol. The molecule has 0 aromatic heterocycles. The second-order valence-electron chi connectivity index (χ2n) is 4.41. The summed E-state index contributed by atoms with van der Waals surface area (Å²) in [6.45, 7) is 5.88. The molecule has 0 fully saturated rings. The molecule has 0 unspecified atom stereocenters. The predicted molar refractivity (Wildman–Crippen MR) is 59.3 cm³/mol. The van der Waals surface area contributed by atoms with E-state index >= 15 is 0 Å². The van der Waals surface area contributed by atoms with Crippen LogP contribution in [0.4, 0.5) is 4.39 Å². The molecule has 1 aromatic carbocycles. The van der Waals surface area contributed by atoms with E-state index in [1.807, 2.05) is 20.8 Å². The maximum absolute atomic E-state index is 13.3. The molecule has 2 heteroatoms. The highest BCUT2D eigenvalue weighted by molar-refractivity contribution is 5.81. The molecule has 0 saturated heterocycles. The Morgan fingerprint density at radius 1 is 1.40 bits per heavy atom. The Morgan fingerprint density at radius 3 is 2.67 bits per heavy atom. The number of benzene rings is 1. The van der Waals surface area contributed by atoms with Crippen LogP contribution in [0.2, 0.25) is 0 Å². The van der Waals surface area contributed by atoms with E-state index in [1.54, 1.807) is 12.1 Å². The van der Waals surface area contributed by atoms with Crippen molar-refractivity contribution in [2.45, 2.75) is 33.6 Å². The fraction of sp³-hybridized carbons (Fsp3) is 0.462. The molecule has 82 valence electrons. The van der Waals surface area contributed by atoms with Crippen LogP contribution in [-0.2, 0) is 11.2 Å². The molecule has 0 aliphatic rings. The van der Waals surface area contributed by atoms with Crippen LogP contribution in [0.25, 0.3) is 0 Å². The Balaban J connectivity index is 2.71. The number of hydrogen-bond donors (Lipinski definition) is 0. The lowest BCUT2D eigenvalue weighted by Crippen LogP contribution is -2.07. The summed E-state index contributed by atoms with van der Waals surface area (Å²) >= 11 is 0. The highest BCUT2D eigenvalue weighted by Crippen LogP contribution is 2.13. The lowest BCUT2D eigenvalue weighted by atomic mass is 10.00. The summed E-state index contributed by atoms with van der Waals surface area (Å²) in [6, 6.07) is 4.88. The van der Waals surface area contributed by atoms with E-state index in [0.717, 1.165) is 5.56 Å². The summed E-state index contributed by atoms with van der Waals surface area (Å²) in [5.74, 6) is 0.164. The predicted octanol–water partition coefficient (Wildman–Crippen LogP) is 3.29. The van der Waals surface area contributed by atoms with Gasteiger partial charge in [0.05, 0.1) is 0 Å². The molecule has 1 rings (SSSR count). The van der Waals surface area contributed by atoms with Gasteiger partial charge in [0.1, 0.15) is 11.6 Å². The van der Waals surface area contributed by atoms with E-state index in [0.29, 0.717) is 17.9 Å². The number of rotatable bonds is 4. The molecule has 1 nitrogen and oxygen atoms in total. The van der Waals surface area contributed by atoms with E-state index in [1.165, 1.54) is 6.07 Å². The number of carbonyl (C=O) groups is 1. The summed E-state index contributed by atoms with van der Waals surface area (Å²) in [5, 5.41) is 0. The van der Waals surface area contributed by atoms with Crippen LogP contribution in [0.15, 0.2) is 18.2 Å². The molecule has 0 saturated carbocycles. The first kappa shape index (κ1) is 11.9. The molecule has 0 heterocycles. The fourth-order valence-corrected chi connectivity index (χ4v) is 1.58. The van der Waals surface area contributed by atoms with Gasteiger partial charge in [-0.15, -0.1) is 0 Å². The molecule has 0 aliphatic heterocycles. The Kier molecular flexibility index (Phi) is 4.01. The Hall–Kier alpha value is -1.18. The number of carbonyl (C=O) groups excluding carboxylic acids is 1. The van der Waals surface area contributed by atoms with Gasteiger partial charge in [0.2, 0.25) is 0 Å². The molecule has 0 aliphatic carbocycles. The number of aryl methyl sites for hydroxylation is 1. The molecule has 1 aromatic rings. The van der Waals surface area contributed by atoms with Crippen LogP contribution in [-0.4, -0.2) is 5.78 Å². The van der Waals surface area contributed by atoms with Gasteiger partial charge in [0.25, 0.3) is 0 Å². The lowest BCUT2D eigenvalue weighted by Gasteiger charge is -2.06. The maximum Gasteiger partial charge on any atom is 0.137 e. The zero-order chi connectivity index (χ0) is 11.4. The first-order chi connectivity index (χ1) is 6.99. The summed E-state index contributed by atoms with van der Waals surface area (Å²) < 4.78 is 13.3. The van der Waals surface area contributed by atoms with E-state index in [-0.39, 0.29) is 18.0 Å². The maximum atomic E-state index is 13.3. The molecule has 0 bridgehead atoms. The van der Waals surface area contributed by atoms with Crippen LogP contribution in [0.5, 0.6) is 0 Å². The van der Waals surface area contributed by atoms with Gasteiger partial charge in [-0.05, 0) is 24.5 Å². The van der Waals surface area contributed by atoms with E-state index < -0.39 is 0 Å². The van der Waals surface area contributed by atoms with Crippen LogP contribution < -0.4 is 0 Å². The third kappa shape index (κ3) is 3.82. The molecule has 0 amide bonds. The zero-order valence-corrected chi connectivity index (χ0v) is 9.51. The van der Waals surface area contributed by atoms with Crippen molar-refractivity contribution in [3.05, 3.63) is 35.1 Å². The number of Topliss-reactive ketones (excluding diaryl/α,β-unsaturated/α-hetero) is 1. The Bertz CT molecular complexity index is 356. The van der Waals surface area contributed by atoms with Gasteiger partial charge in [0, 0.05) is 12.8 Å². The van der Waals surface area contributed by atoms with Crippen molar-refractivity contribution < 1.29 is 9.18 Å². The number of ketones is 1. The minimum atomic E-state index is -0.280. The zero-order valence-electron chi connectivity index (χ0n) is 9.51. The third-order valence-corrected chi connectivity index (χ3v) is 2.22. The molecule has 0 N–H and O–H groups in total. The molecular weight excluding hydrogens is 191 g/mol. The van der Waals surface area contributed by atoms with Crippen LogP contribution in [0, 0.1) is 18.7 Å². The lowest BCUT2D eigenvalue weighted by molar-refractivity contribution is -0.119. The van der Waals surface area contributed by atoms with Crippen LogP contribution in [0.1, 0.15) is 31.4 Å². The Labute approximate surface area is 90.3 Å². The van der Waals surface area contributed by atoms with Crippen molar-refractivity contribution in [2.24, 2.45) is 5.92 Å². The average molecular weight is 208 g/mol. The molecule has 0 radical (unpaired) electrons. The smallest absolute Gasteiger partial charge is 0.137 e. The van der Waals surface area contributed by atoms with Gasteiger partial charge in [-0.25, -0.2) is 4.39 Å². The van der Waals surface area contributed by atoms with Crippen molar-refractivity contribution in [2.75, 3.05) is 0 Å². The first-order valence-corrected chi connectivity index (χ1v) is 5.25. The quantitative estimate of drug-likeness (QED) is 0.742. The standard InChI is InChI=1S/C13H17FO/c1-9(2)6-12(15)8-11-7-10(3)4-5-13(11)14/h4-5,7,9H,6,8H2,1-3H3. The topological polar surface area (TPSA) is 17.1 Å². The van der Waals surface area contributed by atoms with Crippen molar-refractivity contribution in [3.8, 4) is 0 Å². The summed E-state index contributed by atoms with van der Waals surface area (Å²) in [6.07, 6.45) is 0.735. The van der Waals surface area contributed by atoms with Gasteiger partial charge in [-0.1, -0.05) is 31.5 Å². The second kappa shape index (κ2) is 5.06. The molecule has 15 heavy (non-hydrogen) atoms. The van der Waals surface area contributed by atoms with Gasteiger partial charge in [-0.2, -0.15) is 0 Å². The van der Waals surface area contributed by atoms with Gasteiger partial charge in [-0.3, -0.25) is 4.79 Å². The normalized spacial score (nSPS) is 10.7. The van der Waals surface area contributed by atoms with Gasteiger partial charge in [0.15, 0.2) is 0 Å². The van der Waals surface area contributed by atoms with Crippen molar-refractivity contribution >= 4 is 5.78 Å².